The maximum Gasteiger partial charge on any atom is 0.229 e. The molecule has 1 saturated heterocycles. The molecule has 2 rings (SSSR count). The number of aryl methyl sites for hydroxylation is 1. The summed E-state index contributed by atoms with van der Waals surface area (Å²) in [6, 6.07) is 4.53. The summed E-state index contributed by atoms with van der Waals surface area (Å²) in [6.07, 6.45) is -6.69. The van der Waals surface area contributed by atoms with E-state index in [0.717, 1.165) is 0 Å². The van der Waals surface area contributed by atoms with E-state index in [4.69, 9.17) is 14.6 Å². The van der Waals surface area contributed by atoms with Gasteiger partial charge in [0.2, 0.25) is 6.29 Å². The van der Waals surface area contributed by atoms with E-state index >= 15 is 0 Å². The second kappa shape index (κ2) is 5.94. The van der Waals surface area contributed by atoms with Crippen molar-refractivity contribution in [1.82, 2.24) is 0 Å². The molecular weight excluding hydrogens is 268 g/mol. The summed E-state index contributed by atoms with van der Waals surface area (Å²) >= 11 is 0. The van der Waals surface area contributed by atoms with Crippen molar-refractivity contribution in [2.24, 2.45) is 0 Å². The van der Waals surface area contributed by atoms with Crippen molar-refractivity contribution in [3.8, 4) is 11.5 Å². The Morgan fingerprint density at radius 2 is 1.85 bits per heavy atom. The lowest BCUT2D eigenvalue weighted by molar-refractivity contribution is -0.277. The molecule has 1 aromatic rings. The van der Waals surface area contributed by atoms with Gasteiger partial charge >= 0.3 is 0 Å². The minimum absolute atomic E-state index is 0.0205. The second-order valence-corrected chi connectivity index (χ2v) is 4.76. The number of hydrogen-bond acceptors (Lipinski definition) is 7. The summed E-state index contributed by atoms with van der Waals surface area (Å²) in [5, 5.41) is 47.7. The fourth-order valence-electron chi connectivity index (χ4n) is 1.96. The van der Waals surface area contributed by atoms with Crippen LogP contribution in [0.25, 0.3) is 0 Å². The zero-order valence-electron chi connectivity index (χ0n) is 10.9. The molecule has 0 radical (unpaired) electrons. The molecule has 0 saturated carbocycles. The van der Waals surface area contributed by atoms with Crippen molar-refractivity contribution in [3.63, 3.8) is 0 Å². The van der Waals surface area contributed by atoms with Crippen molar-refractivity contribution in [2.45, 2.75) is 37.6 Å². The van der Waals surface area contributed by atoms with Crippen molar-refractivity contribution in [3.05, 3.63) is 23.8 Å². The van der Waals surface area contributed by atoms with Gasteiger partial charge in [-0.25, -0.2) is 0 Å². The smallest absolute Gasteiger partial charge is 0.229 e. The highest BCUT2D eigenvalue weighted by atomic mass is 16.7. The highest BCUT2D eigenvalue weighted by molar-refractivity contribution is 5.38. The van der Waals surface area contributed by atoms with E-state index in [1.807, 2.05) is 0 Å². The van der Waals surface area contributed by atoms with E-state index in [-0.39, 0.29) is 11.5 Å². The summed E-state index contributed by atoms with van der Waals surface area (Å²) in [6.45, 7) is 1.19. The largest absolute Gasteiger partial charge is 0.508 e. The van der Waals surface area contributed by atoms with Crippen LogP contribution in [0.1, 0.15) is 5.56 Å². The normalized spacial score (nSPS) is 34.0. The number of hydrogen-bond donors (Lipinski definition) is 5. The number of benzene rings is 1. The highest BCUT2D eigenvalue weighted by Gasteiger charge is 2.44. The Hall–Kier alpha value is -1.38. The van der Waals surface area contributed by atoms with Crippen LogP contribution in [0.3, 0.4) is 0 Å². The Bertz CT molecular complexity index is 462. The first-order chi connectivity index (χ1) is 9.43. The number of aliphatic hydroxyl groups is 4. The predicted octanol–water partition coefficient (Wildman–Crippen LogP) is -1.12. The average Bonchev–Trinajstić information content (AvgIpc) is 2.43. The molecule has 1 aliphatic rings. The van der Waals surface area contributed by atoms with Gasteiger partial charge < -0.3 is 35.0 Å². The van der Waals surface area contributed by atoms with Gasteiger partial charge in [-0.05, 0) is 18.6 Å². The Morgan fingerprint density at radius 1 is 1.15 bits per heavy atom. The van der Waals surface area contributed by atoms with Gasteiger partial charge in [-0.15, -0.1) is 0 Å². The van der Waals surface area contributed by atoms with Crippen LogP contribution in [0.5, 0.6) is 11.5 Å². The lowest BCUT2D eigenvalue weighted by Gasteiger charge is -2.39. The highest BCUT2D eigenvalue weighted by Crippen LogP contribution is 2.27. The third-order valence-corrected chi connectivity index (χ3v) is 3.28. The molecule has 0 aliphatic carbocycles. The molecule has 0 aromatic heterocycles. The molecule has 1 aliphatic heterocycles. The van der Waals surface area contributed by atoms with Crippen molar-refractivity contribution in [1.29, 1.82) is 0 Å². The second-order valence-electron chi connectivity index (χ2n) is 4.76. The van der Waals surface area contributed by atoms with Gasteiger partial charge in [-0.1, -0.05) is 6.07 Å². The molecule has 1 heterocycles. The van der Waals surface area contributed by atoms with Crippen LogP contribution in [0.2, 0.25) is 0 Å². The summed E-state index contributed by atoms with van der Waals surface area (Å²) in [7, 11) is 0. The van der Waals surface area contributed by atoms with Gasteiger partial charge in [0, 0.05) is 6.07 Å². The van der Waals surface area contributed by atoms with E-state index in [1.54, 1.807) is 19.1 Å². The summed E-state index contributed by atoms with van der Waals surface area (Å²) in [4.78, 5) is 0. The van der Waals surface area contributed by atoms with Gasteiger partial charge in [0.25, 0.3) is 0 Å². The molecule has 0 bridgehead atoms. The number of aromatic hydroxyl groups is 1. The van der Waals surface area contributed by atoms with E-state index in [2.05, 4.69) is 0 Å². The first kappa shape index (κ1) is 15.0. The van der Waals surface area contributed by atoms with E-state index < -0.39 is 37.3 Å². The van der Waals surface area contributed by atoms with Gasteiger partial charge in [0.15, 0.2) is 0 Å². The third-order valence-electron chi connectivity index (χ3n) is 3.28. The van der Waals surface area contributed by atoms with Crippen molar-refractivity contribution >= 4 is 0 Å². The number of aliphatic hydroxyl groups excluding tert-OH is 4. The Balaban J connectivity index is 2.13. The zero-order chi connectivity index (χ0) is 14.9. The molecule has 1 aromatic carbocycles. The van der Waals surface area contributed by atoms with Crippen LogP contribution in [-0.2, 0) is 4.74 Å². The molecule has 7 nitrogen and oxygen atoms in total. The standard InChI is InChI=1S/C13H18O7/c1-6-2-3-7(4-8(6)15)19-13-12(18)11(17)10(16)9(5-14)20-13/h2-4,9-18H,5H2,1H3/t9?,10-,11+,12?,13-/m1/s1. The molecule has 20 heavy (non-hydrogen) atoms. The Morgan fingerprint density at radius 3 is 2.45 bits per heavy atom. The molecule has 7 heteroatoms. The molecule has 5 atom stereocenters. The van der Waals surface area contributed by atoms with Gasteiger partial charge in [0.1, 0.15) is 35.9 Å². The minimum Gasteiger partial charge on any atom is -0.508 e. The van der Waals surface area contributed by atoms with Crippen molar-refractivity contribution < 1.29 is 35.0 Å². The lowest BCUT2D eigenvalue weighted by Crippen LogP contribution is -2.60. The average molecular weight is 286 g/mol. The molecule has 0 amide bonds. The number of rotatable bonds is 3. The fourth-order valence-corrected chi connectivity index (χ4v) is 1.96. The monoisotopic (exact) mass is 286 g/mol. The number of phenols is 1. The SMILES string of the molecule is Cc1ccc(O[C@@H]2OC(CO)[C@@H](O)[C@H](O)C2O)cc1O. The van der Waals surface area contributed by atoms with Gasteiger partial charge in [0.05, 0.1) is 6.61 Å². The first-order valence-electron chi connectivity index (χ1n) is 6.21. The summed E-state index contributed by atoms with van der Waals surface area (Å²) in [5.41, 5.74) is 0.658. The van der Waals surface area contributed by atoms with E-state index in [0.29, 0.717) is 5.56 Å². The third kappa shape index (κ3) is 2.87. The predicted molar refractivity (Wildman–Crippen MR) is 67.2 cm³/mol. The molecule has 0 spiro atoms. The fraction of sp³-hybridized carbons (Fsp3) is 0.538. The molecular formula is C13H18O7. The number of phenolic OH excluding ortho intramolecular Hbond substituents is 1. The lowest BCUT2D eigenvalue weighted by atomic mass is 9.99. The van der Waals surface area contributed by atoms with E-state index in [1.165, 1.54) is 6.07 Å². The van der Waals surface area contributed by atoms with Gasteiger partial charge in [-0.2, -0.15) is 0 Å². The van der Waals surface area contributed by atoms with Gasteiger partial charge in [-0.3, -0.25) is 0 Å². The Labute approximate surface area is 115 Å². The topological polar surface area (TPSA) is 120 Å². The maximum absolute atomic E-state index is 9.80. The van der Waals surface area contributed by atoms with Crippen molar-refractivity contribution in [2.75, 3.05) is 6.61 Å². The quantitative estimate of drug-likeness (QED) is 0.477. The Kier molecular flexibility index (Phi) is 4.46. The zero-order valence-corrected chi connectivity index (χ0v) is 10.9. The molecule has 1 fully saturated rings. The summed E-state index contributed by atoms with van der Waals surface area (Å²) in [5.74, 6) is 0.254. The van der Waals surface area contributed by atoms with Crippen LogP contribution in [0.15, 0.2) is 18.2 Å². The van der Waals surface area contributed by atoms with E-state index in [9.17, 15) is 20.4 Å². The molecule has 2 unspecified atom stereocenters. The summed E-state index contributed by atoms with van der Waals surface area (Å²) < 4.78 is 10.5. The van der Waals surface area contributed by atoms with Crippen LogP contribution >= 0.6 is 0 Å². The maximum atomic E-state index is 9.80. The first-order valence-corrected chi connectivity index (χ1v) is 6.21. The van der Waals surface area contributed by atoms with Crippen LogP contribution in [0.4, 0.5) is 0 Å². The van der Waals surface area contributed by atoms with Crippen LogP contribution < -0.4 is 4.74 Å². The molecule has 112 valence electrons. The van der Waals surface area contributed by atoms with Crippen LogP contribution in [-0.4, -0.2) is 62.8 Å². The van der Waals surface area contributed by atoms with Crippen LogP contribution in [0, 0.1) is 6.92 Å². The number of ether oxygens (including phenoxy) is 2. The molecule has 5 N–H and O–H groups in total. The minimum atomic E-state index is -1.50.